The molecular formula is C21H23N3O2. The van der Waals surface area contributed by atoms with E-state index < -0.39 is 0 Å². The Bertz CT molecular complexity index is 960. The molecule has 0 fully saturated rings. The van der Waals surface area contributed by atoms with Gasteiger partial charge in [-0.15, -0.1) is 0 Å². The Morgan fingerprint density at radius 1 is 0.962 bits per heavy atom. The molecule has 0 aliphatic heterocycles. The number of carbonyl (C=O) groups is 1. The zero-order valence-electron chi connectivity index (χ0n) is 15.2. The molecule has 0 unspecified atom stereocenters. The van der Waals surface area contributed by atoms with E-state index in [1.165, 1.54) is 4.68 Å². The van der Waals surface area contributed by atoms with Crippen molar-refractivity contribution in [2.75, 3.05) is 13.1 Å². The van der Waals surface area contributed by atoms with E-state index in [1.807, 2.05) is 62.4 Å². The molecule has 0 spiro atoms. The molecule has 134 valence electrons. The second-order valence-electron chi connectivity index (χ2n) is 6.18. The van der Waals surface area contributed by atoms with Gasteiger partial charge in [-0.3, -0.25) is 9.59 Å². The Hall–Kier alpha value is -2.95. The summed E-state index contributed by atoms with van der Waals surface area (Å²) in [7, 11) is 0. The smallest absolute Gasteiger partial charge is 0.275 e. The largest absolute Gasteiger partial charge is 0.342 e. The minimum atomic E-state index is -0.224. The maximum atomic E-state index is 12.8. The van der Waals surface area contributed by atoms with Crippen LogP contribution in [0.4, 0.5) is 0 Å². The number of amides is 1. The van der Waals surface area contributed by atoms with Gasteiger partial charge in [-0.05, 0) is 25.5 Å². The van der Waals surface area contributed by atoms with Crippen molar-refractivity contribution in [3.05, 3.63) is 76.2 Å². The second kappa shape index (κ2) is 7.95. The molecule has 5 heteroatoms. The van der Waals surface area contributed by atoms with Crippen LogP contribution >= 0.6 is 0 Å². The molecule has 3 rings (SSSR count). The summed E-state index contributed by atoms with van der Waals surface area (Å²) >= 11 is 0. The SMILES string of the molecule is CCN(CC)C(=O)Cn1nc(Cc2ccccc2)c2ccccc2c1=O. The summed E-state index contributed by atoms with van der Waals surface area (Å²) in [4.78, 5) is 27.0. The first-order chi connectivity index (χ1) is 12.6. The van der Waals surface area contributed by atoms with Crippen molar-refractivity contribution in [2.24, 2.45) is 0 Å². The molecule has 1 heterocycles. The van der Waals surface area contributed by atoms with Gasteiger partial charge in [0.05, 0.1) is 11.1 Å². The quantitative estimate of drug-likeness (QED) is 0.688. The number of hydrogen-bond donors (Lipinski definition) is 0. The molecule has 0 atom stereocenters. The summed E-state index contributed by atoms with van der Waals surface area (Å²) in [5, 5.41) is 5.98. The molecule has 0 radical (unpaired) electrons. The topological polar surface area (TPSA) is 55.2 Å². The van der Waals surface area contributed by atoms with Crippen LogP contribution in [0.25, 0.3) is 10.8 Å². The normalized spacial score (nSPS) is 10.8. The van der Waals surface area contributed by atoms with Crippen molar-refractivity contribution >= 4 is 16.7 Å². The first kappa shape index (κ1) is 17.9. The van der Waals surface area contributed by atoms with E-state index >= 15 is 0 Å². The van der Waals surface area contributed by atoms with Gasteiger partial charge in [-0.2, -0.15) is 5.10 Å². The summed E-state index contributed by atoms with van der Waals surface area (Å²) in [6.07, 6.45) is 0.612. The van der Waals surface area contributed by atoms with Gasteiger partial charge < -0.3 is 4.90 Å². The lowest BCUT2D eigenvalue weighted by molar-refractivity contribution is -0.131. The maximum Gasteiger partial charge on any atom is 0.275 e. The molecule has 1 aromatic heterocycles. The molecule has 0 aliphatic carbocycles. The Kier molecular flexibility index (Phi) is 5.46. The van der Waals surface area contributed by atoms with E-state index in [-0.39, 0.29) is 18.0 Å². The molecule has 0 N–H and O–H groups in total. The highest BCUT2D eigenvalue weighted by Gasteiger charge is 2.15. The van der Waals surface area contributed by atoms with Crippen LogP contribution in [-0.4, -0.2) is 33.7 Å². The highest BCUT2D eigenvalue weighted by Crippen LogP contribution is 2.17. The van der Waals surface area contributed by atoms with Crippen LogP contribution < -0.4 is 5.56 Å². The van der Waals surface area contributed by atoms with Crippen molar-refractivity contribution in [3.8, 4) is 0 Å². The molecule has 2 aromatic carbocycles. The van der Waals surface area contributed by atoms with Crippen LogP contribution in [0.15, 0.2) is 59.4 Å². The predicted molar refractivity (Wildman–Crippen MR) is 103 cm³/mol. The lowest BCUT2D eigenvalue weighted by Crippen LogP contribution is -2.37. The number of nitrogens with zero attached hydrogens (tertiary/aromatic N) is 3. The molecule has 3 aromatic rings. The van der Waals surface area contributed by atoms with Crippen molar-refractivity contribution in [1.82, 2.24) is 14.7 Å². The first-order valence-corrected chi connectivity index (χ1v) is 8.94. The minimum Gasteiger partial charge on any atom is -0.342 e. The van der Waals surface area contributed by atoms with Crippen LogP contribution in [0.1, 0.15) is 25.1 Å². The van der Waals surface area contributed by atoms with Crippen molar-refractivity contribution in [1.29, 1.82) is 0 Å². The summed E-state index contributed by atoms with van der Waals surface area (Å²) in [6.45, 7) is 5.06. The first-order valence-electron chi connectivity index (χ1n) is 8.94. The van der Waals surface area contributed by atoms with E-state index in [0.29, 0.717) is 24.9 Å². The zero-order chi connectivity index (χ0) is 18.5. The van der Waals surface area contributed by atoms with Gasteiger partial charge in [0.15, 0.2) is 0 Å². The van der Waals surface area contributed by atoms with Gasteiger partial charge in [0.25, 0.3) is 5.56 Å². The number of aromatic nitrogens is 2. The third-order valence-electron chi connectivity index (χ3n) is 4.56. The van der Waals surface area contributed by atoms with Gasteiger partial charge in [0.1, 0.15) is 6.54 Å². The highest BCUT2D eigenvalue weighted by molar-refractivity contribution is 5.84. The Morgan fingerprint density at radius 2 is 1.58 bits per heavy atom. The molecule has 5 nitrogen and oxygen atoms in total. The standard InChI is InChI=1S/C21H23N3O2/c1-3-23(4-2)20(25)15-24-21(26)18-13-9-8-12-17(18)19(22-24)14-16-10-6-5-7-11-16/h5-13H,3-4,14-15H2,1-2H3. The van der Waals surface area contributed by atoms with Crippen molar-refractivity contribution < 1.29 is 4.79 Å². The molecule has 0 saturated carbocycles. The number of benzene rings is 2. The Morgan fingerprint density at radius 3 is 2.23 bits per heavy atom. The number of likely N-dealkylation sites (N-methyl/N-ethyl adjacent to an activating group) is 1. The maximum absolute atomic E-state index is 12.8. The number of hydrogen-bond acceptors (Lipinski definition) is 3. The monoisotopic (exact) mass is 349 g/mol. The zero-order valence-corrected chi connectivity index (χ0v) is 15.2. The van der Waals surface area contributed by atoms with Gasteiger partial charge >= 0.3 is 0 Å². The summed E-state index contributed by atoms with van der Waals surface area (Å²) < 4.78 is 1.31. The van der Waals surface area contributed by atoms with E-state index in [9.17, 15) is 9.59 Å². The van der Waals surface area contributed by atoms with E-state index in [1.54, 1.807) is 11.0 Å². The molecule has 1 amide bonds. The highest BCUT2D eigenvalue weighted by atomic mass is 16.2. The van der Waals surface area contributed by atoms with Crippen molar-refractivity contribution in [2.45, 2.75) is 26.8 Å². The lowest BCUT2D eigenvalue weighted by Gasteiger charge is -2.19. The van der Waals surface area contributed by atoms with Crippen LogP contribution in [-0.2, 0) is 17.8 Å². The Labute approximate surface area is 152 Å². The average Bonchev–Trinajstić information content (AvgIpc) is 2.67. The average molecular weight is 349 g/mol. The van der Waals surface area contributed by atoms with Gasteiger partial charge in [0.2, 0.25) is 5.91 Å². The summed E-state index contributed by atoms with van der Waals surface area (Å²) in [5.74, 6) is -0.0921. The molecule has 26 heavy (non-hydrogen) atoms. The minimum absolute atomic E-state index is 0.0346. The second-order valence-corrected chi connectivity index (χ2v) is 6.18. The molecule has 0 aliphatic rings. The van der Waals surface area contributed by atoms with Gasteiger partial charge in [-0.25, -0.2) is 4.68 Å². The summed E-state index contributed by atoms with van der Waals surface area (Å²) in [6, 6.07) is 17.5. The fourth-order valence-electron chi connectivity index (χ4n) is 3.14. The van der Waals surface area contributed by atoms with E-state index in [2.05, 4.69) is 5.10 Å². The Balaban J connectivity index is 2.05. The van der Waals surface area contributed by atoms with Crippen LogP contribution in [0, 0.1) is 0 Å². The van der Waals surface area contributed by atoms with Crippen molar-refractivity contribution in [3.63, 3.8) is 0 Å². The van der Waals surface area contributed by atoms with Crippen LogP contribution in [0.3, 0.4) is 0 Å². The van der Waals surface area contributed by atoms with E-state index in [0.717, 1.165) is 16.6 Å². The number of fused-ring (bicyclic) bond motifs is 1. The lowest BCUT2D eigenvalue weighted by atomic mass is 10.0. The molecular weight excluding hydrogens is 326 g/mol. The fraction of sp³-hybridized carbons (Fsp3) is 0.286. The third kappa shape index (κ3) is 3.67. The number of carbonyl (C=O) groups excluding carboxylic acids is 1. The molecule has 0 saturated heterocycles. The van der Waals surface area contributed by atoms with Gasteiger partial charge in [0, 0.05) is 24.9 Å². The van der Waals surface area contributed by atoms with Crippen LogP contribution in [0.5, 0.6) is 0 Å². The molecule has 0 bridgehead atoms. The summed E-state index contributed by atoms with van der Waals surface area (Å²) in [5.41, 5.74) is 1.70. The van der Waals surface area contributed by atoms with Crippen LogP contribution in [0.2, 0.25) is 0 Å². The fourth-order valence-corrected chi connectivity index (χ4v) is 3.14. The van der Waals surface area contributed by atoms with Gasteiger partial charge in [-0.1, -0.05) is 48.5 Å². The van der Waals surface area contributed by atoms with E-state index in [4.69, 9.17) is 0 Å². The predicted octanol–water partition coefficient (Wildman–Crippen LogP) is 2.86. The third-order valence-corrected chi connectivity index (χ3v) is 4.56. The number of rotatable bonds is 6.